The number of esters is 2. The molecule has 0 aliphatic rings. The van der Waals surface area contributed by atoms with Gasteiger partial charge in [-0.25, -0.2) is 9.63 Å². The number of phenolic OH excluding ortho intramolecular Hbond substituents is 2. The van der Waals surface area contributed by atoms with Gasteiger partial charge in [0.2, 0.25) is 0 Å². The van der Waals surface area contributed by atoms with E-state index >= 15 is 0 Å². The Hall–Kier alpha value is -2.77. The second-order valence-corrected chi connectivity index (χ2v) is 6.12. The third-order valence-electron chi connectivity index (χ3n) is 3.67. The molecule has 2 rings (SSSR count). The third-order valence-corrected chi connectivity index (χ3v) is 3.94. The predicted octanol–water partition coefficient (Wildman–Crippen LogP) is 2.54. The Labute approximate surface area is 161 Å². The zero-order valence-electron chi connectivity index (χ0n) is 14.6. The fourth-order valence-electron chi connectivity index (χ4n) is 2.26. The minimum absolute atomic E-state index is 0.132. The largest absolute Gasteiger partial charge is 0.504 e. The molecule has 2 aromatic rings. The van der Waals surface area contributed by atoms with E-state index in [4.69, 9.17) is 21.3 Å². The van der Waals surface area contributed by atoms with Crippen LogP contribution in [0.4, 0.5) is 0 Å². The molecule has 2 atom stereocenters. The summed E-state index contributed by atoms with van der Waals surface area (Å²) in [7, 11) is 0. The smallest absolute Gasteiger partial charge is 0.338 e. The summed E-state index contributed by atoms with van der Waals surface area (Å²) in [5.74, 6) is -1.70. The highest BCUT2D eigenvalue weighted by Gasteiger charge is 2.22. The number of phenols is 2. The quantitative estimate of drug-likeness (QED) is 0.359. The van der Waals surface area contributed by atoms with E-state index in [9.17, 15) is 19.8 Å². The molecule has 0 radical (unpaired) electrons. The summed E-state index contributed by atoms with van der Waals surface area (Å²) < 4.78 is 10.4. The van der Waals surface area contributed by atoms with E-state index < -0.39 is 24.1 Å². The van der Waals surface area contributed by atoms with Gasteiger partial charge in [-0.1, -0.05) is 24.3 Å². The van der Waals surface area contributed by atoms with Crippen LogP contribution in [-0.2, 0) is 20.7 Å². The Morgan fingerprint density at radius 2 is 1.81 bits per heavy atom. The molecule has 0 aromatic heterocycles. The summed E-state index contributed by atoms with van der Waals surface area (Å²) >= 11 is 5.61. The fraction of sp³-hybridized carbons (Fsp3) is 0.263. The maximum Gasteiger partial charge on any atom is 0.338 e. The molecule has 0 aliphatic heterocycles. The Morgan fingerprint density at radius 3 is 2.44 bits per heavy atom. The highest BCUT2D eigenvalue weighted by molar-refractivity contribution is 6.14. The average molecular weight is 394 g/mol. The molecule has 8 heteroatoms. The highest BCUT2D eigenvalue weighted by atomic mass is 35.5. The normalized spacial score (nSPS) is 12.8. The number of halogens is 1. The van der Waals surface area contributed by atoms with Crippen molar-refractivity contribution in [1.29, 1.82) is 0 Å². The Morgan fingerprint density at radius 1 is 1.11 bits per heavy atom. The summed E-state index contributed by atoms with van der Waals surface area (Å²) in [6, 6.07) is 11.8. The molecular formula is C19H20ClNO6. The molecule has 3 N–H and O–H groups in total. The number of carbonyl (C=O) groups excluding carboxylic acids is 2. The summed E-state index contributed by atoms with van der Waals surface area (Å²) in [6.07, 6.45) is -0.510. The maximum atomic E-state index is 12.2. The topological polar surface area (TPSA) is 105 Å². The summed E-state index contributed by atoms with van der Waals surface area (Å²) in [5.41, 5.74) is 0.979. The van der Waals surface area contributed by atoms with Crippen LogP contribution in [0.1, 0.15) is 22.8 Å². The molecule has 2 aromatic carbocycles. The van der Waals surface area contributed by atoms with Crippen molar-refractivity contribution in [2.24, 2.45) is 0 Å². The Balaban J connectivity index is 1.85. The number of aromatic hydroxyl groups is 2. The lowest BCUT2D eigenvalue weighted by atomic mass is 10.1. The first-order valence-electron chi connectivity index (χ1n) is 8.20. The molecule has 0 aliphatic carbocycles. The molecule has 0 fully saturated rings. The van der Waals surface area contributed by atoms with E-state index in [1.54, 1.807) is 43.3 Å². The van der Waals surface area contributed by atoms with Crippen molar-refractivity contribution >= 4 is 23.7 Å². The predicted molar refractivity (Wildman–Crippen MR) is 98.5 cm³/mol. The van der Waals surface area contributed by atoms with E-state index in [1.165, 1.54) is 12.1 Å². The van der Waals surface area contributed by atoms with Gasteiger partial charge in [-0.05, 0) is 55.0 Å². The summed E-state index contributed by atoms with van der Waals surface area (Å²) in [4.78, 5) is 26.4. The van der Waals surface area contributed by atoms with Crippen LogP contribution in [0.3, 0.4) is 0 Å². The van der Waals surface area contributed by atoms with Crippen LogP contribution in [0.2, 0.25) is 0 Å². The molecule has 0 saturated carbocycles. The van der Waals surface area contributed by atoms with Crippen LogP contribution in [0.25, 0.3) is 0 Å². The van der Waals surface area contributed by atoms with Gasteiger partial charge in [0.05, 0.1) is 5.56 Å². The first-order chi connectivity index (χ1) is 12.9. The number of hydrogen-bond donors (Lipinski definition) is 3. The standard InChI is InChI=1S/C19H20ClNO6/c1-12(27-18(24)14-5-3-2-4-6-14)11-26-19(25)15(21-20)9-13-7-8-16(22)17(23)10-13/h2-8,10,12,15,21-23H,9,11H2,1H3/t12-,15+/m1/s1. The molecular weight excluding hydrogens is 374 g/mol. The fourth-order valence-corrected chi connectivity index (χ4v) is 2.42. The minimum Gasteiger partial charge on any atom is -0.504 e. The zero-order chi connectivity index (χ0) is 19.8. The molecule has 0 bridgehead atoms. The SMILES string of the molecule is C[C@H](COC(=O)[C@H](Cc1ccc(O)c(O)c1)NCl)OC(=O)c1ccccc1. The molecule has 0 spiro atoms. The number of benzene rings is 2. The van der Waals surface area contributed by atoms with Gasteiger partial charge in [-0.2, -0.15) is 0 Å². The molecule has 0 unspecified atom stereocenters. The monoisotopic (exact) mass is 393 g/mol. The van der Waals surface area contributed by atoms with E-state index in [0.29, 0.717) is 11.1 Å². The zero-order valence-corrected chi connectivity index (χ0v) is 15.3. The number of nitrogens with one attached hydrogen (secondary N) is 1. The summed E-state index contributed by atoms with van der Waals surface area (Å²) in [5, 5.41) is 18.8. The van der Waals surface area contributed by atoms with Crippen molar-refractivity contribution in [2.45, 2.75) is 25.5 Å². The van der Waals surface area contributed by atoms with Crippen molar-refractivity contribution in [2.75, 3.05) is 6.61 Å². The van der Waals surface area contributed by atoms with Crippen molar-refractivity contribution in [1.82, 2.24) is 4.84 Å². The lowest BCUT2D eigenvalue weighted by Gasteiger charge is -2.17. The van der Waals surface area contributed by atoms with Crippen molar-refractivity contribution in [3.8, 4) is 11.5 Å². The van der Waals surface area contributed by atoms with Gasteiger partial charge in [0.1, 0.15) is 18.8 Å². The van der Waals surface area contributed by atoms with Crippen LogP contribution >= 0.6 is 11.8 Å². The minimum atomic E-state index is -0.882. The Kier molecular flexibility index (Phi) is 7.45. The molecule has 144 valence electrons. The van der Waals surface area contributed by atoms with Crippen LogP contribution in [0.15, 0.2) is 48.5 Å². The maximum absolute atomic E-state index is 12.2. The summed E-state index contributed by atoms with van der Waals surface area (Å²) in [6.45, 7) is 1.47. The second-order valence-electron chi connectivity index (χ2n) is 5.90. The van der Waals surface area contributed by atoms with Gasteiger partial charge >= 0.3 is 11.9 Å². The van der Waals surface area contributed by atoms with Gasteiger partial charge in [-0.15, -0.1) is 0 Å². The first-order valence-corrected chi connectivity index (χ1v) is 8.58. The average Bonchev–Trinajstić information content (AvgIpc) is 2.67. The highest BCUT2D eigenvalue weighted by Crippen LogP contribution is 2.25. The van der Waals surface area contributed by atoms with E-state index in [-0.39, 0.29) is 24.5 Å². The van der Waals surface area contributed by atoms with Gasteiger partial charge in [-0.3, -0.25) is 4.79 Å². The van der Waals surface area contributed by atoms with Crippen LogP contribution in [0.5, 0.6) is 11.5 Å². The van der Waals surface area contributed by atoms with Gasteiger partial charge in [0.25, 0.3) is 0 Å². The Bertz CT molecular complexity index is 783. The number of rotatable bonds is 8. The first kappa shape index (κ1) is 20.5. The number of carbonyl (C=O) groups is 2. The van der Waals surface area contributed by atoms with Gasteiger partial charge in [0, 0.05) is 0 Å². The van der Waals surface area contributed by atoms with Crippen molar-refractivity contribution in [3.63, 3.8) is 0 Å². The second kappa shape index (κ2) is 9.80. The van der Waals surface area contributed by atoms with Crippen LogP contribution in [0, 0.1) is 0 Å². The van der Waals surface area contributed by atoms with Crippen LogP contribution in [-0.4, -0.2) is 40.9 Å². The molecule has 0 saturated heterocycles. The van der Waals surface area contributed by atoms with Gasteiger partial charge < -0.3 is 19.7 Å². The lowest BCUT2D eigenvalue weighted by Crippen LogP contribution is -2.36. The molecule has 7 nitrogen and oxygen atoms in total. The van der Waals surface area contributed by atoms with Crippen molar-refractivity contribution in [3.05, 3.63) is 59.7 Å². The lowest BCUT2D eigenvalue weighted by molar-refractivity contribution is -0.148. The number of ether oxygens (including phenoxy) is 2. The van der Waals surface area contributed by atoms with E-state index in [0.717, 1.165) is 0 Å². The molecule has 0 heterocycles. The molecule has 0 amide bonds. The van der Waals surface area contributed by atoms with Crippen molar-refractivity contribution < 1.29 is 29.3 Å². The number of hydrogen-bond acceptors (Lipinski definition) is 7. The molecule has 27 heavy (non-hydrogen) atoms. The van der Waals surface area contributed by atoms with E-state index in [2.05, 4.69) is 4.84 Å². The van der Waals surface area contributed by atoms with E-state index in [1.807, 2.05) is 0 Å². The van der Waals surface area contributed by atoms with Gasteiger partial charge in [0.15, 0.2) is 11.5 Å². The third kappa shape index (κ3) is 6.16. The van der Waals surface area contributed by atoms with Crippen LogP contribution < -0.4 is 4.84 Å².